The molecule has 1 fully saturated rings. The van der Waals surface area contributed by atoms with E-state index in [9.17, 15) is 22.4 Å². The molecule has 1 aliphatic heterocycles. The second-order valence-electron chi connectivity index (χ2n) is 9.91. The number of nitrogens with one attached hydrogen (secondary N) is 1. The van der Waals surface area contributed by atoms with Crippen molar-refractivity contribution in [2.24, 2.45) is 5.92 Å². The van der Waals surface area contributed by atoms with E-state index >= 15 is 0 Å². The summed E-state index contributed by atoms with van der Waals surface area (Å²) in [7, 11) is 0. The Morgan fingerprint density at radius 3 is 2.66 bits per heavy atom. The van der Waals surface area contributed by atoms with Crippen molar-refractivity contribution in [3.05, 3.63) is 35.5 Å². The van der Waals surface area contributed by atoms with Gasteiger partial charge in [0.2, 0.25) is 5.91 Å². The summed E-state index contributed by atoms with van der Waals surface area (Å²) < 4.78 is 58.2. The van der Waals surface area contributed by atoms with E-state index in [1.54, 1.807) is 6.07 Å². The van der Waals surface area contributed by atoms with Gasteiger partial charge in [-0.1, -0.05) is 12.1 Å². The standard InChI is InChI=1S/C25H31F4N3O2S/c1-15(2)32-20-14-17(22(33)30-24(3)9-11-35-12-10-24)7-8-19(20)21(31-32)16-5-4-6-18(13-16)34-25(28,29)23(26)27/h4-6,13,15,17,23H,7-12,14H2,1-3H3,(H,30,33). The van der Waals surface area contributed by atoms with Crippen LogP contribution in [0.3, 0.4) is 0 Å². The van der Waals surface area contributed by atoms with Gasteiger partial charge in [0, 0.05) is 40.7 Å². The summed E-state index contributed by atoms with van der Waals surface area (Å²) >= 11 is 1.91. The molecule has 1 aliphatic carbocycles. The summed E-state index contributed by atoms with van der Waals surface area (Å²) in [5.74, 6) is 1.62. The topological polar surface area (TPSA) is 56.2 Å². The Kier molecular flexibility index (Phi) is 7.41. The number of rotatable bonds is 7. The Labute approximate surface area is 207 Å². The van der Waals surface area contributed by atoms with Crippen LogP contribution in [-0.2, 0) is 17.6 Å². The monoisotopic (exact) mass is 513 g/mol. The second-order valence-corrected chi connectivity index (χ2v) is 11.1. The molecule has 1 N–H and O–H groups in total. The van der Waals surface area contributed by atoms with Crippen molar-refractivity contribution in [3.8, 4) is 17.0 Å². The highest BCUT2D eigenvalue weighted by Crippen LogP contribution is 2.37. The number of aromatic nitrogens is 2. The molecule has 10 heteroatoms. The smallest absolute Gasteiger partial charge is 0.428 e. The van der Waals surface area contributed by atoms with E-state index in [0.717, 1.165) is 35.6 Å². The van der Waals surface area contributed by atoms with E-state index in [1.807, 2.05) is 30.3 Å². The predicted molar refractivity (Wildman–Crippen MR) is 128 cm³/mol. The fourth-order valence-electron chi connectivity index (χ4n) is 4.77. The van der Waals surface area contributed by atoms with Crippen LogP contribution in [0.2, 0.25) is 0 Å². The van der Waals surface area contributed by atoms with Crippen LogP contribution in [0, 0.1) is 5.92 Å². The van der Waals surface area contributed by atoms with Gasteiger partial charge >= 0.3 is 12.5 Å². The van der Waals surface area contributed by atoms with E-state index in [1.165, 1.54) is 18.2 Å². The molecule has 5 nitrogen and oxygen atoms in total. The summed E-state index contributed by atoms with van der Waals surface area (Å²) in [5.41, 5.74) is 2.86. The predicted octanol–water partition coefficient (Wildman–Crippen LogP) is 5.87. The number of nitrogens with zero attached hydrogens (tertiary/aromatic N) is 2. The first-order chi connectivity index (χ1) is 16.5. The van der Waals surface area contributed by atoms with Crippen LogP contribution < -0.4 is 10.1 Å². The first kappa shape index (κ1) is 25.9. The molecule has 1 aromatic heterocycles. The number of alkyl halides is 4. The van der Waals surface area contributed by atoms with Crippen LogP contribution in [-0.4, -0.2) is 45.3 Å². The van der Waals surface area contributed by atoms with Gasteiger partial charge in [0.1, 0.15) is 5.75 Å². The molecule has 2 aromatic rings. The zero-order valence-corrected chi connectivity index (χ0v) is 20.9. The molecule has 0 bridgehead atoms. The molecule has 1 amide bonds. The Morgan fingerprint density at radius 1 is 1.29 bits per heavy atom. The van der Waals surface area contributed by atoms with Crippen LogP contribution in [0.25, 0.3) is 11.3 Å². The maximum atomic E-state index is 13.4. The summed E-state index contributed by atoms with van der Waals surface area (Å²) in [6, 6.07) is 5.73. The number of halogens is 4. The van der Waals surface area contributed by atoms with Crippen LogP contribution >= 0.6 is 11.8 Å². The van der Waals surface area contributed by atoms with Crippen molar-refractivity contribution in [1.82, 2.24) is 15.1 Å². The Hall–Kier alpha value is -2.23. The molecule has 1 aromatic carbocycles. The maximum Gasteiger partial charge on any atom is 0.461 e. The summed E-state index contributed by atoms with van der Waals surface area (Å²) in [5, 5.41) is 8.04. The molecular weight excluding hydrogens is 482 g/mol. The average molecular weight is 514 g/mol. The van der Waals surface area contributed by atoms with Gasteiger partial charge in [0.15, 0.2) is 0 Å². The van der Waals surface area contributed by atoms with Gasteiger partial charge in [-0.2, -0.15) is 34.4 Å². The SMILES string of the molecule is CC(C)n1nc(-c2cccc(OC(F)(F)C(F)F)c2)c2c1CC(C(=O)NC1(C)CCSCC1)CC2. The highest BCUT2D eigenvalue weighted by Gasteiger charge is 2.44. The normalized spacial score (nSPS) is 20.1. The molecule has 0 saturated carbocycles. The van der Waals surface area contributed by atoms with Crippen molar-refractivity contribution in [2.45, 2.75) is 77.0 Å². The van der Waals surface area contributed by atoms with Crippen molar-refractivity contribution < 1.29 is 27.1 Å². The molecule has 1 saturated heterocycles. The maximum absolute atomic E-state index is 13.4. The Morgan fingerprint density at radius 2 is 2.00 bits per heavy atom. The fourth-order valence-corrected chi connectivity index (χ4v) is 6.17. The van der Waals surface area contributed by atoms with E-state index in [2.05, 4.69) is 17.0 Å². The number of hydrogen-bond donors (Lipinski definition) is 1. The fraction of sp³-hybridized carbons (Fsp3) is 0.600. The van der Waals surface area contributed by atoms with Gasteiger partial charge in [0.05, 0.1) is 5.69 Å². The van der Waals surface area contributed by atoms with Crippen molar-refractivity contribution in [2.75, 3.05) is 11.5 Å². The number of carbonyl (C=O) groups is 1. The second kappa shape index (κ2) is 10.0. The van der Waals surface area contributed by atoms with E-state index < -0.39 is 12.5 Å². The molecule has 1 unspecified atom stereocenters. The first-order valence-corrected chi connectivity index (χ1v) is 13.1. The lowest BCUT2D eigenvalue weighted by Crippen LogP contribution is -2.51. The number of fused-ring (bicyclic) bond motifs is 1. The van der Waals surface area contributed by atoms with E-state index in [-0.39, 0.29) is 29.2 Å². The highest BCUT2D eigenvalue weighted by molar-refractivity contribution is 7.99. The van der Waals surface area contributed by atoms with Crippen LogP contribution in [0.1, 0.15) is 57.3 Å². The van der Waals surface area contributed by atoms with Crippen LogP contribution in [0.5, 0.6) is 5.75 Å². The first-order valence-electron chi connectivity index (χ1n) is 11.9. The number of hydrogen-bond acceptors (Lipinski definition) is 4. The van der Waals surface area contributed by atoms with E-state index in [4.69, 9.17) is 5.10 Å². The van der Waals surface area contributed by atoms with Crippen molar-refractivity contribution in [1.29, 1.82) is 0 Å². The van der Waals surface area contributed by atoms with Crippen LogP contribution in [0.4, 0.5) is 17.6 Å². The molecule has 4 rings (SSSR count). The third kappa shape index (κ3) is 5.62. The molecule has 2 heterocycles. The summed E-state index contributed by atoms with van der Waals surface area (Å²) in [4.78, 5) is 13.2. The molecule has 2 aliphatic rings. The van der Waals surface area contributed by atoms with Crippen LogP contribution in [0.15, 0.2) is 24.3 Å². The van der Waals surface area contributed by atoms with E-state index in [0.29, 0.717) is 30.5 Å². The zero-order chi connectivity index (χ0) is 25.4. The molecular formula is C25H31F4N3O2S. The number of benzene rings is 1. The molecule has 192 valence electrons. The minimum atomic E-state index is -4.58. The number of amides is 1. The largest absolute Gasteiger partial charge is 0.461 e. The molecule has 35 heavy (non-hydrogen) atoms. The van der Waals surface area contributed by atoms with Gasteiger partial charge in [-0.15, -0.1) is 0 Å². The van der Waals surface area contributed by atoms with Gasteiger partial charge in [-0.05, 0) is 70.1 Å². The lowest BCUT2D eigenvalue weighted by molar-refractivity contribution is -0.253. The van der Waals surface area contributed by atoms with Gasteiger partial charge in [-0.3, -0.25) is 9.48 Å². The summed E-state index contributed by atoms with van der Waals surface area (Å²) in [6.45, 7) is 6.09. The average Bonchev–Trinajstić information content (AvgIpc) is 3.18. The zero-order valence-electron chi connectivity index (χ0n) is 20.1. The molecule has 1 atom stereocenters. The van der Waals surface area contributed by atoms with Crippen molar-refractivity contribution >= 4 is 17.7 Å². The van der Waals surface area contributed by atoms with Crippen molar-refractivity contribution in [3.63, 3.8) is 0 Å². The number of ether oxygens (including phenoxy) is 1. The lowest BCUT2D eigenvalue weighted by Gasteiger charge is -2.36. The quantitative estimate of drug-likeness (QED) is 0.470. The minimum absolute atomic E-state index is 0.0230. The summed E-state index contributed by atoms with van der Waals surface area (Å²) in [6.07, 6.45) is -4.80. The van der Waals surface area contributed by atoms with Gasteiger partial charge < -0.3 is 10.1 Å². The van der Waals surface area contributed by atoms with Gasteiger partial charge in [0.25, 0.3) is 0 Å². The number of carbonyl (C=O) groups excluding carboxylic acids is 1. The molecule has 0 spiro atoms. The molecule has 0 radical (unpaired) electrons. The van der Waals surface area contributed by atoms with Gasteiger partial charge in [-0.25, -0.2) is 0 Å². The minimum Gasteiger partial charge on any atom is -0.428 e. The Balaban J connectivity index is 1.59. The highest BCUT2D eigenvalue weighted by atomic mass is 32.2. The number of thioether (sulfide) groups is 1. The lowest BCUT2D eigenvalue weighted by atomic mass is 9.84. The Bertz CT molecular complexity index is 1070. The third-order valence-corrected chi connectivity index (χ3v) is 7.78. The third-order valence-electron chi connectivity index (χ3n) is 6.80.